The summed E-state index contributed by atoms with van der Waals surface area (Å²) in [6.45, 7) is 5.54. The Kier molecular flexibility index (Phi) is 5.19. The van der Waals surface area contributed by atoms with E-state index in [0.29, 0.717) is 31.7 Å². The van der Waals surface area contributed by atoms with Crippen molar-refractivity contribution in [3.05, 3.63) is 53.6 Å². The van der Waals surface area contributed by atoms with Gasteiger partial charge in [-0.1, -0.05) is 0 Å². The number of benzene rings is 2. The van der Waals surface area contributed by atoms with E-state index in [9.17, 15) is 9.59 Å². The number of rotatable bonds is 4. The molecule has 2 aliphatic rings. The average Bonchev–Trinajstić information content (AvgIpc) is 2.74. The number of hydrogen-bond donors (Lipinski definition) is 1. The number of carbonyl (C=O) groups excluding carboxylic acids is 2. The van der Waals surface area contributed by atoms with Crippen molar-refractivity contribution in [1.82, 2.24) is 4.90 Å². The monoisotopic (exact) mass is 379 g/mol. The number of ether oxygens (including phenoxy) is 1. The predicted molar refractivity (Wildman–Crippen MR) is 109 cm³/mol. The summed E-state index contributed by atoms with van der Waals surface area (Å²) >= 11 is 0. The van der Waals surface area contributed by atoms with Gasteiger partial charge in [-0.25, -0.2) is 0 Å². The van der Waals surface area contributed by atoms with Crippen molar-refractivity contribution in [2.24, 2.45) is 0 Å². The first kappa shape index (κ1) is 18.3. The summed E-state index contributed by atoms with van der Waals surface area (Å²) < 4.78 is 5.44. The summed E-state index contributed by atoms with van der Waals surface area (Å²) in [4.78, 5) is 28.5. The highest BCUT2D eigenvalue weighted by Crippen LogP contribution is 2.28. The average molecular weight is 379 g/mol. The molecule has 1 N–H and O–H groups in total. The number of carbonyl (C=O) groups is 2. The van der Waals surface area contributed by atoms with Crippen molar-refractivity contribution in [2.75, 3.05) is 43.0 Å². The van der Waals surface area contributed by atoms with Gasteiger partial charge < -0.3 is 19.9 Å². The number of hydrogen-bond acceptors (Lipinski definition) is 4. The minimum absolute atomic E-state index is 0.0656. The van der Waals surface area contributed by atoms with Crippen LogP contribution < -0.4 is 15.0 Å². The van der Waals surface area contributed by atoms with E-state index >= 15 is 0 Å². The number of amides is 2. The van der Waals surface area contributed by atoms with Crippen LogP contribution in [0.5, 0.6) is 5.75 Å². The quantitative estimate of drug-likeness (QED) is 0.887. The lowest BCUT2D eigenvalue weighted by Gasteiger charge is -2.36. The first-order valence-corrected chi connectivity index (χ1v) is 9.84. The van der Waals surface area contributed by atoms with Gasteiger partial charge in [-0.05, 0) is 61.4 Å². The lowest BCUT2D eigenvalue weighted by molar-refractivity contribution is -0.116. The first-order valence-electron chi connectivity index (χ1n) is 9.84. The zero-order chi connectivity index (χ0) is 19.5. The molecule has 2 heterocycles. The third-order valence-corrected chi connectivity index (χ3v) is 5.33. The molecule has 0 radical (unpaired) electrons. The van der Waals surface area contributed by atoms with Crippen molar-refractivity contribution >= 4 is 23.2 Å². The maximum absolute atomic E-state index is 12.8. The van der Waals surface area contributed by atoms with Crippen LogP contribution in [0, 0.1) is 0 Å². The van der Waals surface area contributed by atoms with Crippen molar-refractivity contribution in [1.29, 1.82) is 0 Å². The number of nitrogens with one attached hydrogen (secondary N) is 1. The maximum Gasteiger partial charge on any atom is 0.253 e. The molecule has 0 unspecified atom stereocenters. The molecule has 0 atom stereocenters. The van der Waals surface area contributed by atoms with Crippen molar-refractivity contribution in [3.63, 3.8) is 0 Å². The Balaban J connectivity index is 1.38. The molecule has 0 saturated carbocycles. The highest BCUT2D eigenvalue weighted by molar-refractivity contribution is 5.95. The van der Waals surface area contributed by atoms with Crippen molar-refractivity contribution < 1.29 is 14.3 Å². The topological polar surface area (TPSA) is 61.9 Å². The van der Waals surface area contributed by atoms with Gasteiger partial charge in [0.2, 0.25) is 5.91 Å². The summed E-state index contributed by atoms with van der Waals surface area (Å²) in [5.74, 6) is 0.935. The summed E-state index contributed by atoms with van der Waals surface area (Å²) in [6.07, 6.45) is 1.33. The third kappa shape index (κ3) is 3.81. The van der Waals surface area contributed by atoms with Crippen LogP contribution in [0.3, 0.4) is 0 Å². The molecule has 2 aromatic carbocycles. The summed E-state index contributed by atoms with van der Waals surface area (Å²) in [5.41, 5.74) is 3.96. The van der Waals surface area contributed by atoms with Crippen LogP contribution in [0.2, 0.25) is 0 Å². The third-order valence-electron chi connectivity index (χ3n) is 5.33. The lowest BCUT2D eigenvalue weighted by Crippen LogP contribution is -2.48. The number of fused-ring (bicyclic) bond motifs is 1. The Morgan fingerprint density at radius 2 is 1.79 bits per heavy atom. The Morgan fingerprint density at radius 3 is 2.50 bits per heavy atom. The molecule has 2 amide bonds. The van der Waals surface area contributed by atoms with Gasteiger partial charge >= 0.3 is 0 Å². The zero-order valence-corrected chi connectivity index (χ0v) is 16.1. The van der Waals surface area contributed by atoms with Gasteiger partial charge in [0.05, 0.1) is 6.61 Å². The van der Waals surface area contributed by atoms with Crippen molar-refractivity contribution in [2.45, 2.75) is 19.8 Å². The van der Waals surface area contributed by atoms with Crippen molar-refractivity contribution in [3.8, 4) is 5.75 Å². The summed E-state index contributed by atoms with van der Waals surface area (Å²) in [6, 6.07) is 13.6. The minimum atomic E-state index is 0.0656. The fourth-order valence-electron chi connectivity index (χ4n) is 3.78. The summed E-state index contributed by atoms with van der Waals surface area (Å²) in [5, 5.41) is 2.92. The number of nitrogens with zero attached hydrogens (tertiary/aromatic N) is 2. The van der Waals surface area contributed by atoms with E-state index in [1.807, 2.05) is 48.2 Å². The largest absolute Gasteiger partial charge is 0.494 e. The van der Waals surface area contributed by atoms with Gasteiger partial charge in [-0.3, -0.25) is 9.59 Å². The predicted octanol–water partition coefficient (Wildman–Crippen LogP) is 2.93. The van der Waals surface area contributed by atoms with Gasteiger partial charge in [0.15, 0.2) is 0 Å². The van der Waals surface area contributed by atoms with Gasteiger partial charge in [0, 0.05) is 49.5 Å². The molecule has 28 heavy (non-hydrogen) atoms. The molecule has 0 aliphatic carbocycles. The van der Waals surface area contributed by atoms with Gasteiger partial charge in [0.1, 0.15) is 5.75 Å². The highest BCUT2D eigenvalue weighted by atomic mass is 16.5. The van der Waals surface area contributed by atoms with Crippen LogP contribution in [-0.4, -0.2) is 49.5 Å². The molecular formula is C22H25N3O3. The SMILES string of the molecule is CCOc1ccc(C(=O)N2CCN(c3ccc4c(c3)CCC(=O)N4)CC2)cc1. The van der Waals surface area contributed by atoms with E-state index in [2.05, 4.69) is 16.3 Å². The van der Waals surface area contributed by atoms with Crippen LogP contribution in [0.15, 0.2) is 42.5 Å². The fourth-order valence-corrected chi connectivity index (χ4v) is 3.78. The molecule has 2 aliphatic heterocycles. The van der Waals surface area contributed by atoms with E-state index in [1.54, 1.807) is 0 Å². The second-order valence-electron chi connectivity index (χ2n) is 7.13. The molecule has 4 rings (SSSR count). The second kappa shape index (κ2) is 7.92. The van der Waals surface area contributed by atoms with Gasteiger partial charge in [-0.2, -0.15) is 0 Å². The minimum Gasteiger partial charge on any atom is -0.494 e. The van der Waals surface area contributed by atoms with Crippen LogP contribution in [0.25, 0.3) is 0 Å². The molecule has 146 valence electrons. The number of anilines is 2. The molecule has 0 spiro atoms. The molecule has 6 heteroatoms. The number of piperazine rings is 1. The van der Waals surface area contributed by atoms with E-state index in [1.165, 1.54) is 5.56 Å². The van der Waals surface area contributed by atoms with E-state index < -0.39 is 0 Å². The summed E-state index contributed by atoms with van der Waals surface area (Å²) in [7, 11) is 0. The van der Waals surface area contributed by atoms with E-state index in [-0.39, 0.29) is 11.8 Å². The first-order chi connectivity index (χ1) is 13.6. The smallest absolute Gasteiger partial charge is 0.253 e. The molecule has 0 bridgehead atoms. The second-order valence-corrected chi connectivity index (χ2v) is 7.13. The van der Waals surface area contributed by atoms with Crippen LogP contribution in [-0.2, 0) is 11.2 Å². The Labute approximate surface area is 165 Å². The van der Waals surface area contributed by atoms with Gasteiger partial charge in [-0.15, -0.1) is 0 Å². The van der Waals surface area contributed by atoms with E-state index in [4.69, 9.17) is 4.74 Å². The molecule has 2 aromatic rings. The van der Waals surface area contributed by atoms with Crippen LogP contribution in [0.4, 0.5) is 11.4 Å². The molecule has 6 nitrogen and oxygen atoms in total. The normalized spacial score (nSPS) is 16.4. The Morgan fingerprint density at radius 1 is 1.04 bits per heavy atom. The molecule has 0 aromatic heterocycles. The zero-order valence-electron chi connectivity index (χ0n) is 16.1. The van der Waals surface area contributed by atoms with Gasteiger partial charge in [0.25, 0.3) is 5.91 Å². The molecular weight excluding hydrogens is 354 g/mol. The standard InChI is InChI=1S/C22H25N3O3/c1-2-28-19-7-3-16(4-8-19)22(27)25-13-11-24(12-14-25)18-6-9-20-17(15-18)5-10-21(26)23-20/h3-4,6-9,15H,2,5,10-14H2,1H3,(H,23,26). The van der Waals surface area contributed by atoms with Crippen LogP contribution in [0.1, 0.15) is 29.3 Å². The number of aryl methyl sites for hydroxylation is 1. The van der Waals surface area contributed by atoms with Crippen LogP contribution >= 0.6 is 0 Å². The fraction of sp³-hybridized carbons (Fsp3) is 0.364. The Bertz CT molecular complexity index is 871. The molecule has 1 fully saturated rings. The lowest BCUT2D eigenvalue weighted by atomic mass is 10.0. The Hall–Kier alpha value is -3.02. The highest BCUT2D eigenvalue weighted by Gasteiger charge is 2.23. The maximum atomic E-state index is 12.8. The molecule has 1 saturated heterocycles. The van der Waals surface area contributed by atoms with E-state index in [0.717, 1.165) is 36.6 Å².